The molecule has 2 heterocycles. The van der Waals surface area contributed by atoms with Crippen molar-refractivity contribution in [2.24, 2.45) is 0 Å². The van der Waals surface area contributed by atoms with Crippen molar-refractivity contribution in [3.63, 3.8) is 0 Å². The molecule has 2 aromatic heterocycles. The molecule has 3 aromatic rings. The van der Waals surface area contributed by atoms with Gasteiger partial charge in [0.15, 0.2) is 0 Å². The smallest absolute Gasteiger partial charge is 0.319 e. The molecule has 0 saturated heterocycles. The molecule has 110 valence electrons. The van der Waals surface area contributed by atoms with Crippen LogP contribution in [-0.2, 0) is 0 Å². The highest BCUT2D eigenvalue weighted by Crippen LogP contribution is 2.20. The Hall–Kier alpha value is -2.95. The summed E-state index contributed by atoms with van der Waals surface area (Å²) in [6.07, 6.45) is 5.16. The number of rotatable bonds is 3. The van der Waals surface area contributed by atoms with E-state index in [1.807, 2.05) is 49.4 Å². The minimum atomic E-state index is -0.269. The van der Waals surface area contributed by atoms with E-state index in [1.165, 1.54) is 0 Å². The first-order chi connectivity index (χ1) is 10.7. The quantitative estimate of drug-likeness (QED) is 0.776. The van der Waals surface area contributed by atoms with Crippen molar-refractivity contribution in [1.82, 2.24) is 15.3 Å². The van der Waals surface area contributed by atoms with Crippen LogP contribution < -0.4 is 10.6 Å². The van der Waals surface area contributed by atoms with Gasteiger partial charge in [0.1, 0.15) is 0 Å². The lowest BCUT2D eigenvalue weighted by atomic mass is 10.1. The van der Waals surface area contributed by atoms with Crippen LogP contribution in [0.25, 0.3) is 10.9 Å². The zero-order valence-corrected chi connectivity index (χ0v) is 12.2. The molecule has 0 saturated carbocycles. The van der Waals surface area contributed by atoms with Gasteiger partial charge in [0.2, 0.25) is 0 Å². The van der Waals surface area contributed by atoms with Crippen molar-refractivity contribution in [3.8, 4) is 0 Å². The first kappa shape index (κ1) is 14.0. The van der Waals surface area contributed by atoms with E-state index in [1.54, 1.807) is 18.6 Å². The second-order valence-corrected chi connectivity index (χ2v) is 4.99. The fraction of sp³-hybridized carbons (Fsp3) is 0.118. The highest BCUT2D eigenvalue weighted by Gasteiger charge is 2.11. The molecule has 2 N–H and O–H groups in total. The third-order valence-electron chi connectivity index (χ3n) is 3.41. The topological polar surface area (TPSA) is 66.9 Å². The van der Waals surface area contributed by atoms with Gasteiger partial charge < -0.3 is 10.6 Å². The number of hydrogen-bond donors (Lipinski definition) is 2. The summed E-state index contributed by atoms with van der Waals surface area (Å²) in [7, 11) is 0. The Balaban J connectivity index is 1.74. The average Bonchev–Trinajstić information content (AvgIpc) is 2.56. The monoisotopic (exact) mass is 292 g/mol. The number of para-hydroxylation sites is 1. The van der Waals surface area contributed by atoms with Gasteiger partial charge in [-0.15, -0.1) is 0 Å². The van der Waals surface area contributed by atoms with E-state index in [-0.39, 0.29) is 12.1 Å². The summed E-state index contributed by atoms with van der Waals surface area (Å²) < 4.78 is 0. The van der Waals surface area contributed by atoms with Crippen molar-refractivity contribution in [2.45, 2.75) is 13.0 Å². The van der Waals surface area contributed by atoms with Crippen LogP contribution in [0, 0.1) is 0 Å². The zero-order chi connectivity index (χ0) is 15.4. The number of anilines is 1. The van der Waals surface area contributed by atoms with E-state index < -0.39 is 0 Å². The fourth-order valence-electron chi connectivity index (χ4n) is 2.28. The van der Waals surface area contributed by atoms with Gasteiger partial charge in [-0.3, -0.25) is 9.97 Å². The molecular weight excluding hydrogens is 276 g/mol. The minimum absolute atomic E-state index is 0.128. The zero-order valence-electron chi connectivity index (χ0n) is 12.2. The molecule has 0 spiro atoms. The maximum absolute atomic E-state index is 12.2. The van der Waals surface area contributed by atoms with Crippen LogP contribution in [0.5, 0.6) is 0 Å². The normalized spacial score (nSPS) is 11.9. The Labute approximate surface area is 128 Å². The van der Waals surface area contributed by atoms with Gasteiger partial charge in [0, 0.05) is 24.0 Å². The van der Waals surface area contributed by atoms with E-state index in [0.717, 1.165) is 16.5 Å². The van der Waals surface area contributed by atoms with Gasteiger partial charge in [-0.1, -0.05) is 24.3 Å². The third-order valence-corrected chi connectivity index (χ3v) is 3.41. The lowest BCUT2D eigenvalue weighted by Gasteiger charge is -2.15. The highest BCUT2D eigenvalue weighted by molar-refractivity contribution is 5.99. The number of aromatic nitrogens is 2. The number of pyridine rings is 2. The summed E-state index contributed by atoms with van der Waals surface area (Å²) in [6.45, 7) is 1.91. The molecule has 0 fully saturated rings. The molecule has 1 atom stereocenters. The molecule has 0 radical (unpaired) electrons. The second kappa shape index (κ2) is 6.22. The second-order valence-electron chi connectivity index (χ2n) is 4.99. The van der Waals surface area contributed by atoms with Crippen LogP contribution in [0.1, 0.15) is 18.5 Å². The van der Waals surface area contributed by atoms with Crippen LogP contribution in [0.2, 0.25) is 0 Å². The van der Waals surface area contributed by atoms with E-state index in [2.05, 4.69) is 20.6 Å². The summed E-state index contributed by atoms with van der Waals surface area (Å²) in [5.74, 6) is 0. The van der Waals surface area contributed by atoms with Crippen LogP contribution >= 0.6 is 0 Å². The molecule has 1 unspecified atom stereocenters. The molecule has 0 aliphatic carbocycles. The van der Waals surface area contributed by atoms with Gasteiger partial charge in [-0.25, -0.2) is 4.79 Å². The number of benzene rings is 1. The maximum atomic E-state index is 12.2. The molecule has 0 aliphatic rings. The third kappa shape index (κ3) is 3.03. The Morgan fingerprint density at radius 2 is 1.91 bits per heavy atom. The van der Waals surface area contributed by atoms with Crippen molar-refractivity contribution in [3.05, 3.63) is 66.6 Å². The Kier molecular flexibility index (Phi) is 3.96. The number of carbonyl (C=O) groups is 1. The maximum Gasteiger partial charge on any atom is 0.319 e. The summed E-state index contributed by atoms with van der Waals surface area (Å²) in [5, 5.41) is 6.73. The lowest BCUT2D eigenvalue weighted by molar-refractivity contribution is 0.249. The molecular formula is C17H16N4O. The van der Waals surface area contributed by atoms with Crippen molar-refractivity contribution in [1.29, 1.82) is 0 Å². The van der Waals surface area contributed by atoms with E-state index in [4.69, 9.17) is 0 Å². The van der Waals surface area contributed by atoms with Crippen LogP contribution in [0.3, 0.4) is 0 Å². The van der Waals surface area contributed by atoms with Crippen molar-refractivity contribution >= 4 is 22.6 Å². The van der Waals surface area contributed by atoms with Gasteiger partial charge in [0.25, 0.3) is 0 Å². The first-order valence-electron chi connectivity index (χ1n) is 7.05. The molecule has 2 amide bonds. The van der Waals surface area contributed by atoms with Gasteiger partial charge in [0.05, 0.1) is 17.2 Å². The average molecular weight is 292 g/mol. The summed E-state index contributed by atoms with van der Waals surface area (Å²) in [6, 6.07) is 12.9. The molecule has 5 nitrogen and oxygen atoms in total. The molecule has 0 bridgehead atoms. The number of nitrogens with one attached hydrogen (secondary N) is 2. The van der Waals surface area contributed by atoms with Gasteiger partial charge in [-0.2, -0.15) is 0 Å². The SMILES string of the molecule is CC(NC(=O)Nc1cccc2cccnc12)c1cccnc1. The van der Waals surface area contributed by atoms with E-state index >= 15 is 0 Å². The standard InChI is InChI=1S/C17H16N4O/c1-12(14-7-3-9-18-11-14)20-17(22)21-15-8-2-5-13-6-4-10-19-16(13)15/h2-12H,1H3,(H2,20,21,22). The molecule has 3 rings (SSSR count). The minimum Gasteiger partial charge on any atom is -0.331 e. The molecule has 1 aromatic carbocycles. The Morgan fingerprint density at radius 1 is 1.09 bits per heavy atom. The number of fused-ring (bicyclic) bond motifs is 1. The van der Waals surface area contributed by atoms with Gasteiger partial charge >= 0.3 is 6.03 Å². The van der Waals surface area contributed by atoms with Crippen LogP contribution in [0.4, 0.5) is 10.5 Å². The molecule has 22 heavy (non-hydrogen) atoms. The number of amides is 2. The Morgan fingerprint density at radius 3 is 2.73 bits per heavy atom. The highest BCUT2D eigenvalue weighted by atomic mass is 16.2. The summed E-state index contributed by atoms with van der Waals surface area (Å²) in [5.41, 5.74) is 2.41. The summed E-state index contributed by atoms with van der Waals surface area (Å²) >= 11 is 0. The van der Waals surface area contributed by atoms with E-state index in [0.29, 0.717) is 5.69 Å². The van der Waals surface area contributed by atoms with Crippen molar-refractivity contribution in [2.75, 3.05) is 5.32 Å². The molecule has 5 heteroatoms. The number of nitrogens with zero attached hydrogens (tertiary/aromatic N) is 2. The van der Waals surface area contributed by atoms with Gasteiger partial charge in [-0.05, 0) is 30.7 Å². The largest absolute Gasteiger partial charge is 0.331 e. The Bertz CT molecular complexity index is 784. The number of urea groups is 1. The first-order valence-corrected chi connectivity index (χ1v) is 7.05. The number of hydrogen-bond acceptors (Lipinski definition) is 3. The van der Waals surface area contributed by atoms with Crippen LogP contribution in [0.15, 0.2) is 61.1 Å². The summed E-state index contributed by atoms with van der Waals surface area (Å²) in [4.78, 5) is 20.5. The van der Waals surface area contributed by atoms with Crippen LogP contribution in [-0.4, -0.2) is 16.0 Å². The number of carbonyl (C=O) groups excluding carboxylic acids is 1. The predicted molar refractivity (Wildman–Crippen MR) is 86.5 cm³/mol. The lowest BCUT2D eigenvalue weighted by Crippen LogP contribution is -2.31. The van der Waals surface area contributed by atoms with Crippen molar-refractivity contribution < 1.29 is 4.79 Å². The van der Waals surface area contributed by atoms with E-state index in [9.17, 15) is 4.79 Å². The predicted octanol–water partition coefficient (Wildman–Crippen LogP) is 3.51. The fourth-order valence-corrected chi connectivity index (χ4v) is 2.28. The molecule has 0 aliphatic heterocycles.